The number of hydrogen-bond acceptors (Lipinski definition) is 6. The number of nitrogens with one attached hydrogen (secondary N) is 2. The Morgan fingerprint density at radius 2 is 2.08 bits per heavy atom. The molecule has 7 nitrogen and oxygen atoms in total. The van der Waals surface area contributed by atoms with Crippen LogP contribution in [0.15, 0.2) is 5.38 Å². The fraction of sp³-hybridized carbons (Fsp3) is 0.722. The van der Waals surface area contributed by atoms with Gasteiger partial charge in [-0.3, -0.25) is 15.3 Å². The van der Waals surface area contributed by atoms with Crippen molar-refractivity contribution in [1.82, 2.24) is 10.5 Å². The molecule has 2 unspecified atom stereocenters. The molecule has 0 radical (unpaired) electrons. The number of thiazole rings is 1. The van der Waals surface area contributed by atoms with Gasteiger partial charge >= 0.3 is 6.09 Å². The van der Waals surface area contributed by atoms with Gasteiger partial charge in [-0.1, -0.05) is 0 Å². The second kappa shape index (κ2) is 7.15. The van der Waals surface area contributed by atoms with E-state index in [0.29, 0.717) is 22.8 Å². The third-order valence-electron chi connectivity index (χ3n) is 6.44. The molecule has 4 fully saturated rings. The van der Waals surface area contributed by atoms with Gasteiger partial charge in [0.2, 0.25) is 5.91 Å². The number of carbonyl (C=O) groups excluding carboxylic acids is 2. The van der Waals surface area contributed by atoms with Crippen molar-refractivity contribution in [3.8, 4) is 0 Å². The van der Waals surface area contributed by atoms with Crippen molar-refractivity contribution >= 4 is 28.5 Å². The normalized spacial score (nSPS) is 31.2. The summed E-state index contributed by atoms with van der Waals surface area (Å²) in [5, 5.41) is 13.2. The van der Waals surface area contributed by atoms with E-state index < -0.39 is 12.0 Å². The standard InChI is InChI=1S/C18H25N3O4S/c22-15(21-24)7-14-10-26-16(19-14)20-17(23)25-3-1-2-18-8-11-4-12(9-18)6-13(18)5-11/h10-13,24H,1-9H2,(H,21,22)(H,19,20,23). The molecule has 2 amide bonds. The maximum atomic E-state index is 11.9. The summed E-state index contributed by atoms with van der Waals surface area (Å²) in [6.45, 7) is 0.431. The molecule has 0 spiro atoms. The summed E-state index contributed by atoms with van der Waals surface area (Å²) in [6.07, 6.45) is 8.65. The molecule has 26 heavy (non-hydrogen) atoms. The molecule has 1 aromatic rings. The van der Waals surface area contributed by atoms with E-state index in [1.165, 1.54) is 49.9 Å². The molecule has 0 aliphatic heterocycles. The van der Waals surface area contributed by atoms with Crippen LogP contribution in [0.5, 0.6) is 0 Å². The van der Waals surface area contributed by atoms with Gasteiger partial charge in [-0.05, 0) is 68.1 Å². The lowest BCUT2D eigenvalue weighted by Crippen LogP contribution is -2.23. The Kier molecular flexibility index (Phi) is 4.88. The molecule has 4 aliphatic rings. The SMILES string of the molecule is O=C(Cc1csc(NC(=O)OCCCC23CC4CC(CC2C4)C3)n1)NO. The summed E-state index contributed by atoms with van der Waals surface area (Å²) in [5.41, 5.74) is 2.59. The van der Waals surface area contributed by atoms with Gasteiger partial charge in [-0.25, -0.2) is 15.3 Å². The highest BCUT2D eigenvalue weighted by molar-refractivity contribution is 7.13. The van der Waals surface area contributed by atoms with Crippen molar-refractivity contribution in [2.75, 3.05) is 11.9 Å². The van der Waals surface area contributed by atoms with Crippen LogP contribution in [0.2, 0.25) is 0 Å². The number of rotatable bonds is 7. The van der Waals surface area contributed by atoms with E-state index in [4.69, 9.17) is 9.94 Å². The highest BCUT2D eigenvalue weighted by Crippen LogP contribution is 2.67. The van der Waals surface area contributed by atoms with Crippen LogP contribution >= 0.6 is 11.3 Å². The Hall–Kier alpha value is -1.67. The Morgan fingerprint density at radius 1 is 1.31 bits per heavy atom. The lowest BCUT2D eigenvalue weighted by molar-refractivity contribution is -0.128. The molecule has 3 N–H and O–H groups in total. The summed E-state index contributed by atoms with van der Waals surface area (Å²) in [5.74, 6) is 2.30. The molecule has 2 atom stereocenters. The fourth-order valence-corrected chi connectivity index (χ4v) is 6.43. The van der Waals surface area contributed by atoms with Crippen LogP contribution in [-0.2, 0) is 16.0 Å². The number of ether oxygens (including phenoxy) is 1. The number of anilines is 1. The van der Waals surface area contributed by atoms with Crippen molar-refractivity contribution in [2.45, 2.75) is 51.4 Å². The van der Waals surface area contributed by atoms with Gasteiger partial charge in [0.05, 0.1) is 18.7 Å². The van der Waals surface area contributed by atoms with Crippen LogP contribution in [0.4, 0.5) is 9.93 Å². The van der Waals surface area contributed by atoms with E-state index in [9.17, 15) is 9.59 Å². The highest BCUT2D eigenvalue weighted by Gasteiger charge is 2.56. The first-order chi connectivity index (χ1) is 12.6. The first-order valence-electron chi connectivity index (χ1n) is 9.37. The van der Waals surface area contributed by atoms with E-state index in [2.05, 4.69) is 10.3 Å². The molecular formula is C18H25N3O4S. The predicted octanol–water partition coefficient (Wildman–Crippen LogP) is 3.35. The third-order valence-corrected chi connectivity index (χ3v) is 7.24. The number of aromatic nitrogens is 1. The third kappa shape index (κ3) is 3.57. The van der Waals surface area contributed by atoms with Gasteiger partial charge in [0.15, 0.2) is 5.13 Å². The molecule has 4 bridgehead atoms. The summed E-state index contributed by atoms with van der Waals surface area (Å²) in [6, 6.07) is 0. The van der Waals surface area contributed by atoms with Crippen LogP contribution in [0.25, 0.3) is 0 Å². The molecule has 0 aromatic carbocycles. The maximum absolute atomic E-state index is 11.9. The van der Waals surface area contributed by atoms with Crippen molar-refractivity contribution in [1.29, 1.82) is 0 Å². The maximum Gasteiger partial charge on any atom is 0.413 e. The number of nitrogens with zero attached hydrogens (tertiary/aromatic N) is 1. The molecule has 0 saturated heterocycles. The number of hydroxylamine groups is 1. The van der Waals surface area contributed by atoms with E-state index in [1.807, 2.05) is 0 Å². The van der Waals surface area contributed by atoms with Crippen molar-refractivity contribution in [3.63, 3.8) is 0 Å². The van der Waals surface area contributed by atoms with Gasteiger partial charge in [0.25, 0.3) is 0 Å². The summed E-state index contributed by atoms with van der Waals surface area (Å²) < 4.78 is 5.30. The molecule has 1 heterocycles. The zero-order valence-electron chi connectivity index (χ0n) is 14.7. The summed E-state index contributed by atoms with van der Waals surface area (Å²) >= 11 is 1.22. The fourth-order valence-electron chi connectivity index (χ4n) is 5.73. The molecular weight excluding hydrogens is 354 g/mol. The minimum Gasteiger partial charge on any atom is -0.449 e. The number of carbonyl (C=O) groups is 2. The Labute approximate surface area is 156 Å². The zero-order chi connectivity index (χ0) is 18.1. The van der Waals surface area contributed by atoms with Gasteiger partial charge in [-0.2, -0.15) is 0 Å². The summed E-state index contributed by atoms with van der Waals surface area (Å²) in [7, 11) is 0. The second-order valence-corrected chi connectivity index (χ2v) is 8.99. The lowest BCUT2D eigenvalue weighted by atomic mass is 9.73. The van der Waals surface area contributed by atoms with Crippen molar-refractivity contribution in [3.05, 3.63) is 11.1 Å². The lowest BCUT2D eigenvalue weighted by Gasteiger charge is -2.32. The predicted molar refractivity (Wildman–Crippen MR) is 95.9 cm³/mol. The smallest absolute Gasteiger partial charge is 0.413 e. The second-order valence-electron chi connectivity index (χ2n) is 8.13. The van der Waals surface area contributed by atoms with Crippen LogP contribution in [-0.4, -0.2) is 28.8 Å². The minimum absolute atomic E-state index is 0.0328. The van der Waals surface area contributed by atoms with Gasteiger partial charge < -0.3 is 4.74 Å². The number of amides is 2. The van der Waals surface area contributed by atoms with Crippen LogP contribution in [0, 0.1) is 23.2 Å². The Bertz CT molecular complexity index is 678. The molecule has 8 heteroatoms. The quantitative estimate of drug-likeness (QED) is 0.383. The molecule has 142 valence electrons. The average Bonchev–Trinajstić information content (AvgIpc) is 3.21. The molecule has 5 rings (SSSR count). The average molecular weight is 379 g/mol. The molecule has 4 aliphatic carbocycles. The van der Waals surface area contributed by atoms with Crippen LogP contribution in [0.3, 0.4) is 0 Å². The first kappa shape index (κ1) is 17.7. The van der Waals surface area contributed by atoms with Gasteiger partial charge in [0, 0.05) is 5.38 Å². The van der Waals surface area contributed by atoms with E-state index in [1.54, 1.807) is 10.9 Å². The van der Waals surface area contributed by atoms with E-state index in [0.717, 1.165) is 24.2 Å². The zero-order valence-corrected chi connectivity index (χ0v) is 15.5. The van der Waals surface area contributed by atoms with Crippen LogP contribution < -0.4 is 10.8 Å². The summed E-state index contributed by atoms with van der Waals surface area (Å²) in [4.78, 5) is 27.1. The van der Waals surface area contributed by atoms with Gasteiger partial charge in [0.1, 0.15) is 0 Å². The number of hydrogen-bond donors (Lipinski definition) is 3. The topological polar surface area (TPSA) is 101 Å². The van der Waals surface area contributed by atoms with Crippen molar-refractivity contribution < 1.29 is 19.5 Å². The Morgan fingerprint density at radius 3 is 2.81 bits per heavy atom. The van der Waals surface area contributed by atoms with E-state index in [-0.39, 0.29) is 6.42 Å². The minimum atomic E-state index is -0.543. The largest absolute Gasteiger partial charge is 0.449 e. The molecule has 1 aromatic heterocycles. The first-order valence-corrected chi connectivity index (χ1v) is 10.3. The highest BCUT2D eigenvalue weighted by atomic mass is 32.1. The van der Waals surface area contributed by atoms with E-state index >= 15 is 0 Å². The van der Waals surface area contributed by atoms with Gasteiger partial charge in [-0.15, -0.1) is 11.3 Å². The van der Waals surface area contributed by atoms with Crippen LogP contribution in [0.1, 0.15) is 50.6 Å². The molecule has 4 saturated carbocycles. The van der Waals surface area contributed by atoms with Crippen molar-refractivity contribution in [2.24, 2.45) is 23.2 Å². The monoisotopic (exact) mass is 379 g/mol. The Balaban J connectivity index is 1.18.